The van der Waals surface area contributed by atoms with Crippen molar-refractivity contribution in [3.05, 3.63) is 313 Å². The van der Waals surface area contributed by atoms with Crippen LogP contribution in [0.15, 0.2) is 291 Å². The summed E-state index contributed by atoms with van der Waals surface area (Å²) in [6, 6.07) is 103. The number of hydrogen-bond donors (Lipinski definition) is 0. The van der Waals surface area contributed by atoms with E-state index in [2.05, 4.69) is 224 Å². The van der Waals surface area contributed by atoms with E-state index in [1.54, 1.807) is 0 Å². The monoisotopic (exact) mass is 870 g/mol. The molecule has 0 aliphatic rings. The van der Waals surface area contributed by atoms with Gasteiger partial charge in [0.2, 0.25) is 0 Å². The molecule has 0 amide bonds. The van der Waals surface area contributed by atoms with E-state index in [1.807, 2.05) is 66.7 Å². The Labute approximate surface area is 388 Å². The Morgan fingerprint density at radius 3 is 0.924 bits per heavy atom. The van der Waals surface area contributed by atoms with Gasteiger partial charge in [-0.3, -0.25) is 0 Å². The first-order valence-electron chi connectivity index (χ1n) is 22.4. The Morgan fingerprint density at radius 2 is 0.545 bits per heavy atom. The molecule has 0 aliphatic heterocycles. The maximum absolute atomic E-state index is 7.21. The fourth-order valence-electron chi connectivity index (χ4n) is 10.0. The molecule has 66 heavy (non-hydrogen) atoms. The molecule has 10 aromatic carbocycles. The topological polar surface area (TPSA) is 27.7 Å². The van der Waals surface area contributed by atoms with Gasteiger partial charge in [0.05, 0.1) is 0 Å². The van der Waals surface area contributed by atoms with Crippen molar-refractivity contribution in [3.63, 3.8) is 0 Å². The first kappa shape index (κ1) is 42.1. The van der Waals surface area contributed by atoms with Gasteiger partial charge < -0.3 is 0 Å². The summed E-state index contributed by atoms with van der Waals surface area (Å²) in [5.41, 5.74) is 4.07. The summed E-state index contributed by atoms with van der Waals surface area (Å²) in [5, 5.41) is 5.65. The van der Waals surface area contributed by atoms with E-state index >= 15 is 0 Å². The molecule has 0 saturated carbocycles. The quantitative estimate of drug-likeness (QED) is 0.0584. The van der Waals surface area contributed by atoms with Gasteiger partial charge in [0.15, 0.2) is 0 Å². The summed E-state index contributed by atoms with van der Waals surface area (Å²) in [4.78, 5) is 0. The van der Waals surface area contributed by atoms with Crippen LogP contribution in [-0.2, 0) is 5.41 Å². The Kier molecular flexibility index (Phi) is 11.9. The molecule has 0 unspecified atom stereocenters. The molecule has 10 rings (SSSR count). The zero-order chi connectivity index (χ0) is 44.5. The fourth-order valence-corrected chi connectivity index (χ4v) is 16.9. The van der Waals surface area contributed by atoms with Crippen molar-refractivity contribution in [2.75, 3.05) is 0 Å². The van der Waals surface area contributed by atoms with E-state index in [1.165, 1.54) is 16.7 Å². The van der Waals surface area contributed by atoms with Crippen LogP contribution in [-0.4, -0.2) is 7.32 Å². The molecule has 0 radical (unpaired) electrons. The zero-order valence-corrected chi connectivity index (χ0v) is 37.4. The molecule has 318 valence electrons. The summed E-state index contributed by atoms with van der Waals surface area (Å²) < 4.78 is 20.4. The van der Waals surface area contributed by atoms with Crippen LogP contribution in [0.5, 0.6) is 17.2 Å². The average Bonchev–Trinajstić information content (AvgIpc) is 3.40. The van der Waals surface area contributed by atoms with Crippen molar-refractivity contribution in [2.24, 2.45) is 0 Å². The molecular weight excluding hydrogens is 822 g/mol. The predicted molar refractivity (Wildman–Crippen MR) is 276 cm³/mol. The molecule has 0 heterocycles. The van der Waals surface area contributed by atoms with Gasteiger partial charge >= 0.3 is 391 Å². The minimum atomic E-state index is -4.14. The molecular formula is C61H48BO3P. The molecule has 5 heteroatoms. The fraction of sp³-hybridized carbons (Fsp3) is 0.0164. The van der Waals surface area contributed by atoms with Crippen LogP contribution < -0.4 is 40.5 Å². The molecule has 0 saturated heterocycles. The van der Waals surface area contributed by atoms with Gasteiger partial charge in [-0.05, 0) is 0 Å². The number of para-hydroxylation sites is 3. The van der Waals surface area contributed by atoms with Crippen LogP contribution in [0, 0.1) is 0 Å². The van der Waals surface area contributed by atoms with E-state index in [0.717, 1.165) is 32.1 Å². The first-order chi connectivity index (χ1) is 32.7. The third-order valence-corrected chi connectivity index (χ3v) is 19.4. The summed E-state index contributed by atoms with van der Waals surface area (Å²) in [6.45, 7) is -4.14. The van der Waals surface area contributed by atoms with Gasteiger partial charge in [0, 0.05) is 0 Å². The summed E-state index contributed by atoms with van der Waals surface area (Å²) in [5.74, 6) is 1.88. The van der Waals surface area contributed by atoms with E-state index in [4.69, 9.17) is 14.0 Å². The normalized spacial score (nSPS) is 12.0. The van der Waals surface area contributed by atoms with Crippen molar-refractivity contribution < 1.29 is 14.0 Å². The summed E-state index contributed by atoms with van der Waals surface area (Å²) in [7, 11) is -1.15. The molecule has 0 spiro atoms. The van der Waals surface area contributed by atoms with Gasteiger partial charge in [-0.15, -0.1) is 0 Å². The second kappa shape index (κ2) is 18.7. The van der Waals surface area contributed by atoms with Crippen molar-refractivity contribution in [1.82, 2.24) is 0 Å². The predicted octanol–water partition coefficient (Wildman–Crippen LogP) is 12.1. The summed E-state index contributed by atoms with van der Waals surface area (Å²) in [6.07, 6.45) is 0. The van der Waals surface area contributed by atoms with Crippen LogP contribution in [0.1, 0.15) is 22.3 Å². The van der Waals surface area contributed by atoms with Crippen LogP contribution in [0.3, 0.4) is 0 Å². The first-order valence-corrected chi connectivity index (χ1v) is 24.6. The molecule has 0 bridgehead atoms. The van der Waals surface area contributed by atoms with E-state index < -0.39 is 19.3 Å². The molecule has 0 aliphatic carbocycles. The third kappa shape index (κ3) is 7.26. The van der Waals surface area contributed by atoms with E-state index in [9.17, 15) is 0 Å². The van der Waals surface area contributed by atoms with Crippen LogP contribution in [0.4, 0.5) is 0 Å². The van der Waals surface area contributed by atoms with Gasteiger partial charge in [-0.25, -0.2) is 0 Å². The van der Waals surface area contributed by atoms with Crippen molar-refractivity contribution in [1.29, 1.82) is 0 Å². The second-order valence-corrected chi connectivity index (χ2v) is 21.0. The average molecular weight is 871 g/mol. The second-order valence-electron chi connectivity index (χ2n) is 16.3. The number of benzene rings is 10. The SMILES string of the molecule is c1ccc(OB(Oc2ccccc2)Oc2ccccc2P(c2ccccc2)(c2ccccc2)(c2ccccc2)c2ccc(C(c3ccccc3)(c3ccccc3)c3ccccc3)cc2)cc1. The Bertz CT molecular complexity index is 2850. The maximum atomic E-state index is 7.21. The van der Waals surface area contributed by atoms with Crippen molar-refractivity contribution >= 4 is 40.4 Å². The van der Waals surface area contributed by atoms with Gasteiger partial charge in [0.1, 0.15) is 0 Å². The zero-order valence-electron chi connectivity index (χ0n) is 36.5. The third-order valence-electron chi connectivity index (χ3n) is 12.8. The van der Waals surface area contributed by atoms with Crippen molar-refractivity contribution in [3.8, 4) is 17.2 Å². The molecule has 10 aromatic rings. The van der Waals surface area contributed by atoms with Crippen molar-refractivity contribution in [2.45, 2.75) is 5.41 Å². The number of hydrogen-bond acceptors (Lipinski definition) is 3. The van der Waals surface area contributed by atoms with Crippen LogP contribution in [0.2, 0.25) is 0 Å². The Morgan fingerprint density at radius 1 is 0.258 bits per heavy atom. The number of rotatable bonds is 15. The molecule has 3 nitrogen and oxygen atoms in total. The van der Waals surface area contributed by atoms with Gasteiger partial charge in [-0.2, -0.15) is 0 Å². The molecule has 0 N–H and O–H groups in total. The van der Waals surface area contributed by atoms with Crippen LogP contribution >= 0.6 is 6.60 Å². The molecule has 0 aromatic heterocycles. The summed E-state index contributed by atoms with van der Waals surface area (Å²) >= 11 is 0. The molecule has 0 atom stereocenters. The minimum absolute atomic E-state index is 0.622. The standard InChI is InChI=1S/C61H48BO3P/c1-9-27-49(28-10-1)61(50-29-11-2-12-30-50,51-31-13-3-14-32-51)52-45-47-58(48-46-52)66(55-37-19-6-20-38-55,56-39-21-7-22-40-56,57-41-23-8-24-42-57)60-44-26-25-43-59(60)65-62(63-53-33-15-4-16-34-53)64-54-35-17-5-18-36-54/h1-48H. The van der Waals surface area contributed by atoms with Gasteiger partial charge in [-0.1, -0.05) is 0 Å². The Hall–Kier alpha value is -7.91. The van der Waals surface area contributed by atoms with Gasteiger partial charge in [0.25, 0.3) is 0 Å². The molecule has 0 fully saturated rings. The Balaban J connectivity index is 1.29. The van der Waals surface area contributed by atoms with E-state index in [-0.39, 0.29) is 0 Å². The van der Waals surface area contributed by atoms with Crippen LogP contribution in [0.25, 0.3) is 0 Å². The van der Waals surface area contributed by atoms with E-state index in [0.29, 0.717) is 17.2 Å².